The third-order valence-electron chi connectivity index (χ3n) is 3.44. The minimum absolute atomic E-state index is 0.196. The molecular formula is C15H19BrO. The lowest BCUT2D eigenvalue weighted by atomic mass is 9.73. The average Bonchev–Trinajstić information content (AvgIpc) is 2.27. The van der Waals surface area contributed by atoms with Gasteiger partial charge in [0.15, 0.2) is 0 Å². The Bertz CT molecular complexity index is 472. The molecule has 1 aromatic rings. The number of benzene rings is 1. The van der Waals surface area contributed by atoms with Crippen LogP contribution in [-0.4, -0.2) is 6.61 Å². The van der Waals surface area contributed by atoms with E-state index < -0.39 is 0 Å². The summed E-state index contributed by atoms with van der Waals surface area (Å²) in [5, 5.41) is 0. The summed E-state index contributed by atoms with van der Waals surface area (Å²) in [6.07, 6.45) is 3.42. The first-order valence-electron chi connectivity index (χ1n) is 6.09. The second-order valence-electron chi connectivity index (χ2n) is 5.24. The van der Waals surface area contributed by atoms with Gasteiger partial charge in [-0.2, -0.15) is 0 Å². The Morgan fingerprint density at radius 3 is 2.71 bits per heavy atom. The first-order valence-corrected chi connectivity index (χ1v) is 6.89. The summed E-state index contributed by atoms with van der Waals surface area (Å²) in [5.74, 6) is 0.953. The fraction of sp³-hybridized carbons (Fsp3) is 0.467. The Balaban J connectivity index is 2.59. The van der Waals surface area contributed by atoms with Crippen LogP contribution >= 0.6 is 15.9 Å². The molecule has 0 unspecified atom stereocenters. The molecule has 0 fully saturated rings. The summed E-state index contributed by atoms with van der Waals surface area (Å²) in [7, 11) is 0. The highest BCUT2D eigenvalue weighted by molar-refractivity contribution is 9.10. The molecule has 2 heteroatoms. The normalized spacial score (nSPS) is 17.4. The first-order chi connectivity index (χ1) is 7.95. The smallest absolute Gasteiger partial charge is 0.133 e. The summed E-state index contributed by atoms with van der Waals surface area (Å²) >= 11 is 3.59. The largest absolute Gasteiger partial charge is 0.493 e. The quantitative estimate of drug-likeness (QED) is 0.751. The van der Waals surface area contributed by atoms with Gasteiger partial charge in [-0.15, -0.1) is 0 Å². The van der Waals surface area contributed by atoms with Crippen LogP contribution in [0.1, 0.15) is 45.2 Å². The Hall–Kier alpha value is -0.760. The predicted octanol–water partition coefficient (Wildman–Crippen LogP) is 4.93. The molecule has 17 heavy (non-hydrogen) atoms. The maximum absolute atomic E-state index is 5.66. The van der Waals surface area contributed by atoms with Gasteiger partial charge >= 0.3 is 0 Å². The van der Waals surface area contributed by atoms with E-state index in [4.69, 9.17) is 4.74 Å². The van der Waals surface area contributed by atoms with Crippen molar-refractivity contribution in [3.8, 4) is 5.75 Å². The van der Waals surface area contributed by atoms with Crippen LogP contribution in [-0.2, 0) is 5.41 Å². The van der Waals surface area contributed by atoms with Crippen LogP contribution in [0, 0.1) is 0 Å². The first kappa shape index (κ1) is 12.7. The second-order valence-corrected chi connectivity index (χ2v) is 6.09. The molecule has 1 aliphatic rings. The summed E-state index contributed by atoms with van der Waals surface area (Å²) in [6.45, 7) is 9.48. The van der Waals surface area contributed by atoms with Crippen LogP contribution in [0.25, 0.3) is 5.57 Å². The number of hydrogen-bond donors (Lipinski definition) is 0. The Morgan fingerprint density at radius 1 is 1.35 bits per heavy atom. The zero-order chi connectivity index (χ0) is 12.6. The van der Waals surface area contributed by atoms with Crippen molar-refractivity contribution >= 4 is 21.5 Å². The molecule has 1 nitrogen and oxygen atoms in total. The van der Waals surface area contributed by atoms with Gasteiger partial charge in [0, 0.05) is 0 Å². The molecule has 1 aromatic carbocycles. The van der Waals surface area contributed by atoms with Crippen molar-refractivity contribution in [1.82, 2.24) is 0 Å². The molecule has 2 rings (SSSR count). The van der Waals surface area contributed by atoms with Crippen LogP contribution in [0.2, 0.25) is 0 Å². The van der Waals surface area contributed by atoms with Crippen LogP contribution in [0.5, 0.6) is 5.75 Å². The third kappa shape index (κ3) is 2.28. The van der Waals surface area contributed by atoms with E-state index in [-0.39, 0.29) is 5.41 Å². The Morgan fingerprint density at radius 2 is 2.06 bits per heavy atom. The zero-order valence-corrected chi connectivity index (χ0v) is 12.5. The van der Waals surface area contributed by atoms with Gasteiger partial charge in [0.2, 0.25) is 0 Å². The zero-order valence-electron chi connectivity index (χ0n) is 10.9. The van der Waals surface area contributed by atoms with Crippen molar-refractivity contribution in [1.29, 1.82) is 0 Å². The molecule has 0 N–H and O–H groups in total. The number of halogens is 1. The number of allylic oxidation sites excluding steroid dienone is 2. The highest BCUT2D eigenvalue weighted by Gasteiger charge is 2.28. The van der Waals surface area contributed by atoms with Crippen LogP contribution < -0.4 is 4.74 Å². The summed E-state index contributed by atoms with van der Waals surface area (Å²) in [4.78, 5) is 0. The molecule has 0 saturated heterocycles. The molecule has 0 amide bonds. The number of fused-ring (bicyclic) bond motifs is 1. The Kier molecular flexibility index (Phi) is 3.35. The van der Waals surface area contributed by atoms with E-state index in [0.717, 1.165) is 16.6 Å². The molecule has 0 aliphatic heterocycles. The number of ether oxygens (including phenoxy) is 1. The van der Waals surface area contributed by atoms with E-state index in [1.54, 1.807) is 0 Å². The SMILES string of the molecule is CCOc1cc2c(cc1Br)C(C)=CCC2(C)C. The van der Waals surface area contributed by atoms with Crippen molar-refractivity contribution in [2.45, 2.75) is 39.5 Å². The molecule has 0 aromatic heterocycles. The van der Waals surface area contributed by atoms with Crippen molar-refractivity contribution in [3.05, 3.63) is 33.8 Å². The molecular weight excluding hydrogens is 276 g/mol. The van der Waals surface area contributed by atoms with E-state index in [0.29, 0.717) is 6.61 Å². The average molecular weight is 295 g/mol. The summed E-state index contributed by atoms with van der Waals surface area (Å²) < 4.78 is 6.71. The van der Waals surface area contributed by atoms with E-state index >= 15 is 0 Å². The van der Waals surface area contributed by atoms with E-state index in [1.807, 2.05) is 6.92 Å². The molecule has 0 heterocycles. The van der Waals surface area contributed by atoms with Gasteiger partial charge in [0.1, 0.15) is 5.75 Å². The standard InChI is InChI=1S/C15H19BrO/c1-5-17-14-9-12-11(8-13(14)16)10(2)6-7-15(12,3)4/h6,8-9H,5,7H2,1-4H3. The van der Waals surface area contributed by atoms with Crippen molar-refractivity contribution < 1.29 is 4.74 Å². The molecule has 92 valence electrons. The molecule has 0 saturated carbocycles. The molecule has 1 aliphatic carbocycles. The van der Waals surface area contributed by atoms with Gasteiger partial charge < -0.3 is 4.74 Å². The minimum atomic E-state index is 0.196. The molecule has 0 radical (unpaired) electrons. The lowest BCUT2D eigenvalue weighted by Crippen LogP contribution is -2.21. The fourth-order valence-electron chi connectivity index (χ4n) is 2.33. The second kappa shape index (κ2) is 4.49. The highest BCUT2D eigenvalue weighted by atomic mass is 79.9. The fourth-order valence-corrected chi connectivity index (χ4v) is 2.79. The van der Waals surface area contributed by atoms with Gasteiger partial charge in [-0.1, -0.05) is 19.9 Å². The van der Waals surface area contributed by atoms with E-state index in [1.165, 1.54) is 16.7 Å². The molecule has 0 bridgehead atoms. The number of hydrogen-bond acceptors (Lipinski definition) is 1. The van der Waals surface area contributed by atoms with Crippen LogP contribution in [0.15, 0.2) is 22.7 Å². The van der Waals surface area contributed by atoms with Gasteiger partial charge in [0.25, 0.3) is 0 Å². The monoisotopic (exact) mass is 294 g/mol. The molecule has 0 atom stereocenters. The maximum Gasteiger partial charge on any atom is 0.133 e. The third-order valence-corrected chi connectivity index (χ3v) is 4.06. The van der Waals surface area contributed by atoms with E-state index in [2.05, 4.69) is 54.9 Å². The van der Waals surface area contributed by atoms with Gasteiger partial charge in [-0.05, 0) is 70.4 Å². The Labute approximate surface area is 112 Å². The maximum atomic E-state index is 5.66. The van der Waals surface area contributed by atoms with Crippen molar-refractivity contribution in [2.75, 3.05) is 6.61 Å². The topological polar surface area (TPSA) is 9.23 Å². The number of rotatable bonds is 2. The van der Waals surface area contributed by atoms with Gasteiger partial charge in [-0.3, -0.25) is 0 Å². The lowest BCUT2D eigenvalue weighted by Gasteiger charge is -2.32. The van der Waals surface area contributed by atoms with Crippen LogP contribution in [0.4, 0.5) is 0 Å². The minimum Gasteiger partial charge on any atom is -0.493 e. The highest BCUT2D eigenvalue weighted by Crippen LogP contribution is 2.42. The summed E-state index contributed by atoms with van der Waals surface area (Å²) in [5.41, 5.74) is 4.30. The lowest BCUT2D eigenvalue weighted by molar-refractivity contribution is 0.336. The summed E-state index contributed by atoms with van der Waals surface area (Å²) in [6, 6.07) is 4.38. The van der Waals surface area contributed by atoms with Crippen LogP contribution in [0.3, 0.4) is 0 Å². The van der Waals surface area contributed by atoms with Gasteiger partial charge in [0.05, 0.1) is 11.1 Å². The van der Waals surface area contributed by atoms with E-state index in [9.17, 15) is 0 Å². The van der Waals surface area contributed by atoms with Gasteiger partial charge in [-0.25, -0.2) is 0 Å². The molecule has 0 spiro atoms. The van der Waals surface area contributed by atoms with Crippen molar-refractivity contribution in [3.63, 3.8) is 0 Å². The predicted molar refractivity (Wildman–Crippen MR) is 76.6 cm³/mol. The van der Waals surface area contributed by atoms with Crippen molar-refractivity contribution in [2.24, 2.45) is 0 Å².